The number of rotatable bonds is 6. The van der Waals surface area contributed by atoms with E-state index in [0.717, 1.165) is 12.8 Å². The Morgan fingerprint density at radius 2 is 2.10 bits per heavy atom. The summed E-state index contributed by atoms with van der Waals surface area (Å²) in [4.78, 5) is 26.9. The van der Waals surface area contributed by atoms with Crippen molar-refractivity contribution in [2.24, 2.45) is 5.92 Å². The van der Waals surface area contributed by atoms with E-state index in [9.17, 15) is 19.8 Å². The molecular weight excluding hydrogens is 276 g/mol. The highest BCUT2D eigenvalue weighted by molar-refractivity contribution is 5.83. The number of carboxylic acids is 1. The van der Waals surface area contributed by atoms with E-state index in [1.54, 1.807) is 12.0 Å². The van der Waals surface area contributed by atoms with Gasteiger partial charge in [0.2, 0.25) is 0 Å². The number of nitrogens with zero attached hydrogens (tertiary/aromatic N) is 2. The maximum atomic E-state index is 12.7. The van der Waals surface area contributed by atoms with Crippen molar-refractivity contribution in [3.8, 4) is 0 Å². The van der Waals surface area contributed by atoms with Crippen LogP contribution in [0.25, 0.3) is 0 Å². The molecule has 1 saturated heterocycles. The zero-order valence-electron chi connectivity index (χ0n) is 12.6. The van der Waals surface area contributed by atoms with Gasteiger partial charge in [-0.15, -0.1) is 0 Å². The molecule has 7 heteroatoms. The molecule has 120 valence electrons. The van der Waals surface area contributed by atoms with Gasteiger partial charge in [0.25, 0.3) is 0 Å². The second kappa shape index (κ2) is 6.62. The lowest BCUT2D eigenvalue weighted by Gasteiger charge is -2.34. The highest BCUT2D eigenvalue weighted by atomic mass is 16.5. The molecule has 2 aliphatic rings. The van der Waals surface area contributed by atoms with E-state index in [1.165, 1.54) is 4.90 Å². The van der Waals surface area contributed by atoms with Gasteiger partial charge in [-0.2, -0.15) is 0 Å². The average Bonchev–Trinajstić information content (AvgIpc) is 3.20. The summed E-state index contributed by atoms with van der Waals surface area (Å²) in [6.45, 7) is 2.92. The molecule has 2 N–H and O–H groups in total. The second-order valence-corrected chi connectivity index (χ2v) is 5.94. The van der Waals surface area contributed by atoms with Crippen LogP contribution in [0, 0.1) is 5.92 Å². The standard InChI is InChI=1S/C14H24N2O5/c1-9(10-3-4-10)15(5-6-21-2)14(20)16-8-11(17)7-12(16)13(18)19/h9-12,17H,3-8H2,1-2H3,(H,18,19)/t9?,11-,12-/m1/s1. The minimum absolute atomic E-state index is 0.0693. The van der Waals surface area contributed by atoms with E-state index < -0.39 is 18.1 Å². The number of carbonyl (C=O) groups excluding carboxylic acids is 1. The number of ether oxygens (including phenoxy) is 1. The first-order valence-electron chi connectivity index (χ1n) is 7.42. The van der Waals surface area contributed by atoms with Crippen LogP contribution in [0.5, 0.6) is 0 Å². The third-order valence-corrected chi connectivity index (χ3v) is 4.39. The van der Waals surface area contributed by atoms with Crippen molar-refractivity contribution in [1.82, 2.24) is 9.80 Å². The lowest BCUT2D eigenvalue weighted by molar-refractivity contribution is -0.141. The van der Waals surface area contributed by atoms with E-state index >= 15 is 0 Å². The van der Waals surface area contributed by atoms with Gasteiger partial charge in [-0.1, -0.05) is 0 Å². The summed E-state index contributed by atoms with van der Waals surface area (Å²) >= 11 is 0. The number of hydrogen-bond acceptors (Lipinski definition) is 4. The lowest BCUT2D eigenvalue weighted by atomic mass is 10.2. The number of hydrogen-bond donors (Lipinski definition) is 2. The Bertz CT molecular complexity index is 399. The summed E-state index contributed by atoms with van der Waals surface area (Å²) in [7, 11) is 1.57. The maximum absolute atomic E-state index is 12.7. The lowest BCUT2D eigenvalue weighted by Crippen LogP contribution is -2.52. The smallest absolute Gasteiger partial charge is 0.326 e. The molecule has 21 heavy (non-hydrogen) atoms. The van der Waals surface area contributed by atoms with E-state index in [1.807, 2.05) is 6.92 Å². The molecule has 0 aromatic rings. The van der Waals surface area contributed by atoms with Crippen molar-refractivity contribution >= 4 is 12.0 Å². The molecule has 0 bridgehead atoms. The molecule has 2 fully saturated rings. The molecule has 1 heterocycles. The van der Waals surface area contributed by atoms with Gasteiger partial charge in [-0.3, -0.25) is 0 Å². The molecule has 7 nitrogen and oxygen atoms in total. The Hall–Kier alpha value is -1.34. The summed E-state index contributed by atoms with van der Waals surface area (Å²) in [5.41, 5.74) is 0. The summed E-state index contributed by atoms with van der Waals surface area (Å²) in [5.74, 6) is -0.577. The number of β-amino-alcohol motifs (C(OH)–C–C–N with tert-alkyl or cyclic N) is 1. The zero-order valence-corrected chi connectivity index (χ0v) is 12.6. The minimum atomic E-state index is -1.06. The van der Waals surface area contributed by atoms with E-state index in [2.05, 4.69) is 0 Å². The zero-order chi connectivity index (χ0) is 15.6. The van der Waals surface area contributed by atoms with Crippen molar-refractivity contribution in [2.75, 3.05) is 26.8 Å². The summed E-state index contributed by atoms with van der Waals surface area (Å²) < 4.78 is 5.05. The molecule has 2 amide bonds. The number of likely N-dealkylation sites (tertiary alicyclic amines) is 1. The SMILES string of the molecule is COCCN(C(=O)N1C[C@H](O)C[C@@H]1C(=O)O)C(C)C1CC1. The predicted octanol–water partition coefficient (Wildman–Crippen LogP) is 0.373. The third-order valence-electron chi connectivity index (χ3n) is 4.39. The van der Waals surface area contributed by atoms with Gasteiger partial charge < -0.3 is 24.7 Å². The van der Waals surface area contributed by atoms with Crippen LogP contribution < -0.4 is 0 Å². The van der Waals surface area contributed by atoms with Crippen molar-refractivity contribution in [3.05, 3.63) is 0 Å². The van der Waals surface area contributed by atoms with E-state index in [-0.39, 0.29) is 25.0 Å². The summed E-state index contributed by atoms with van der Waals surface area (Å²) in [6.07, 6.45) is 1.53. The van der Waals surface area contributed by atoms with Gasteiger partial charge in [0, 0.05) is 32.7 Å². The molecular formula is C14H24N2O5. The fourth-order valence-electron chi connectivity index (χ4n) is 2.92. The van der Waals surface area contributed by atoms with Crippen LogP contribution in [0.2, 0.25) is 0 Å². The molecule has 1 aliphatic heterocycles. The highest BCUT2D eigenvalue weighted by Crippen LogP contribution is 2.36. The minimum Gasteiger partial charge on any atom is -0.480 e. The largest absolute Gasteiger partial charge is 0.480 e. The molecule has 2 rings (SSSR count). The first kappa shape index (κ1) is 16.0. The van der Waals surface area contributed by atoms with Gasteiger partial charge in [-0.25, -0.2) is 9.59 Å². The van der Waals surface area contributed by atoms with Crippen LogP contribution in [0.1, 0.15) is 26.2 Å². The molecule has 1 unspecified atom stereocenters. The van der Waals surface area contributed by atoms with Crippen LogP contribution in [0.4, 0.5) is 4.79 Å². The Labute approximate surface area is 124 Å². The number of carboxylic acid groups (broad SMARTS) is 1. The quantitative estimate of drug-likeness (QED) is 0.740. The van der Waals surface area contributed by atoms with Gasteiger partial charge in [0.1, 0.15) is 6.04 Å². The molecule has 0 radical (unpaired) electrons. The predicted molar refractivity (Wildman–Crippen MR) is 74.9 cm³/mol. The van der Waals surface area contributed by atoms with Crippen LogP contribution in [0.3, 0.4) is 0 Å². The molecule has 0 aromatic heterocycles. The number of methoxy groups -OCH3 is 1. The summed E-state index contributed by atoms with van der Waals surface area (Å²) in [5, 5.41) is 18.9. The second-order valence-electron chi connectivity index (χ2n) is 5.94. The molecule has 0 aromatic carbocycles. The number of aliphatic carboxylic acids is 1. The Morgan fingerprint density at radius 3 is 2.62 bits per heavy atom. The number of aliphatic hydroxyl groups excluding tert-OH is 1. The van der Waals surface area contributed by atoms with E-state index in [0.29, 0.717) is 19.1 Å². The van der Waals surface area contributed by atoms with Gasteiger partial charge >= 0.3 is 12.0 Å². The van der Waals surface area contributed by atoms with Crippen LogP contribution in [-0.2, 0) is 9.53 Å². The fraction of sp³-hybridized carbons (Fsp3) is 0.857. The van der Waals surface area contributed by atoms with E-state index in [4.69, 9.17) is 4.74 Å². The van der Waals surface area contributed by atoms with Crippen LogP contribution >= 0.6 is 0 Å². The Morgan fingerprint density at radius 1 is 1.43 bits per heavy atom. The Kier molecular flexibility index (Phi) is 5.05. The average molecular weight is 300 g/mol. The number of aliphatic hydroxyl groups is 1. The van der Waals surface area contributed by atoms with Crippen molar-refractivity contribution in [1.29, 1.82) is 0 Å². The van der Waals surface area contributed by atoms with Crippen LogP contribution in [-0.4, -0.2) is 77.0 Å². The van der Waals surface area contributed by atoms with Crippen LogP contribution in [0.15, 0.2) is 0 Å². The molecule has 1 saturated carbocycles. The molecule has 3 atom stereocenters. The number of urea groups is 1. The third kappa shape index (κ3) is 3.65. The van der Waals surface area contributed by atoms with Gasteiger partial charge in [0.15, 0.2) is 0 Å². The van der Waals surface area contributed by atoms with Crippen molar-refractivity contribution < 1.29 is 24.5 Å². The number of amides is 2. The molecule has 1 aliphatic carbocycles. The topological polar surface area (TPSA) is 90.3 Å². The van der Waals surface area contributed by atoms with Gasteiger partial charge in [0.05, 0.1) is 12.7 Å². The highest BCUT2D eigenvalue weighted by Gasteiger charge is 2.43. The monoisotopic (exact) mass is 300 g/mol. The summed E-state index contributed by atoms with van der Waals surface area (Å²) in [6, 6.07) is -1.18. The van der Waals surface area contributed by atoms with Crippen molar-refractivity contribution in [3.63, 3.8) is 0 Å². The maximum Gasteiger partial charge on any atom is 0.326 e. The Balaban J connectivity index is 2.10. The number of carbonyl (C=O) groups is 2. The fourth-order valence-corrected chi connectivity index (χ4v) is 2.92. The normalized spacial score (nSPS) is 26.7. The first-order valence-corrected chi connectivity index (χ1v) is 7.42. The molecule has 0 spiro atoms. The van der Waals surface area contributed by atoms with Gasteiger partial charge in [-0.05, 0) is 25.7 Å². The first-order chi connectivity index (χ1) is 9.95. The van der Waals surface area contributed by atoms with Crippen molar-refractivity contribution in [2.45, 2.75) is 44.4 Å².